The van der Waals surface area contributed by atoms with Gasteiger partial charge in [0, 0.05) is 18.8 Å². The van der Waals surface area contributed by atoms with Crippen molar-refractivity contribution in [1.29, 1.82) is 0 Å². The molecule has 8 nitrogen and oxygen atoms in total. The molecule has 0 spiro atoms. The maximum absolute atomic E-state index is 12.7. The van der Waals surface area contributed by atoms with Crippen molar-refractivity contribution in [2.24, 2.45) is 0 Å². The number of aromatic nitrogens is 3. The summed E-state index contributed by atoms with van der Waals surface area (Å²) in [6.07, 6.45) is 3.07. The van der Waals surface area contributed by atoms with Gasteiger partial charge in [0.1, 0.15) is 12.4 Å². The Bertz CT molecular complexity index is 897. The molecule has 0 fully saturated rings. The molecule has 2 aromatic heterocycles. The van der Waals surface area contributed by atoms with Gasteiger partial charge < -0.3 is 16.4 Å². The Morgan fingerprint density at radius 1 is 1.25 bits per heavy atom. The predicted octanol–water partition coefficient (Wildman–Crippen LogP) is 2.41. The van der Waals surface area contributed by atoms with Gasteiger partial charge in [-0.3, -0.25) is 14.2 Å². The summed E-state index contributed by atoms with van der Waals surface area (Å²) in [5, 5.41) is 6.02. The van der Waals surface area contributed by atoms with Crippen molar-refractivity contribution < 1.29 is 4.79 Å². The number of nitrogens with zero attached hydrogens (tertiary/aromatic N) is 3. The van der Waals surface area contributed by atoms with E-state index in [4.69, 9.17) is 17.3 Å². The van der Waals surface area contributed by atoms with Crippen molar-refractivity contribution >= 4 is 29.1 Å². The number of anilines is 2. The topological polar surface area (TPSA) is 115 Å². The third-order valence-electron chi connectivity index (χ3n) is 4.43. The number of unbranched alkanes of at least 4 members (excludes halogenated alkanes) is 2. The molecule has 152 valence electrons. The Hall–Kier alpha value is -2.61. The largest absolute Gasteiger partial charge is 0.384 e. The molecule has 0 aliphatic rings. The molecule has 0 saturated heterocycles. The van der Waals surface area contributed by atoms with Crippen LogP contribution in [0.1, 0.15) is 43.1 Å². The molecule has 28 heavy (non-hydrogen) atoms. The maximum atomic E-state index is 12.7. The van der Waals surface area contributed by atoms with Crippen molar-refractivity contribution in [3.63, 3.8) is 0 Å². The second-order valence-corrected chi connectivity index (χ2v) is 6.98. The second-order valence-electron chi connectivity index (χ2n) is 6.62. The number of carbonyl (C=O) groups excluding carboxylic acids is 1. The fourth-order valence-corrected chi connectivity index (χ4v) is 2.88. The lowest BCUT2D eigenvalue weighted by Gasteiger charge is -2.14. The molecule has 2 heterocycles. The number of amides is 1. The van der Waals surface area contributed by atoms with Crippen LogP contribution in [0.25, 0.3) is 0 Å². The van der Waals surface area contributed by atoms with Crippen molar-refractivity contribution in [3.8, 4) is 0 Å². The average molecular weight is 407 g/mol. The number of hydrogen-bond acceptors (Lipinski definition) is 6. The van der Waals surface area contributed by atoms with Crippen LogP contribution in [0.2, 0.25) is 5.15 Å². The van der Waals surface area contributed by atoms with Gasteiger partial charge in [-0.2, -0.15) is 0 Å². The summed E-state index contributed by atoms with van der Waals surface area (Å²) in [5.74, 6) is 0.291. The highest BCUT2D eigenvalue weighted by molar-refractivity contribution is 6.30. The predicted molar refractivity (Wildman–Crippen MR) is 111 cm³/mol. The van der Waals surface area contributed by atoms with Crippen LogP contribution in [0.3, 0.4) is 0 Å². The van der Waals surface area contributed by atoms with Crippen LogP contribution in [0.4, 0.5) is 11.6 Å². The van der Waals surface area contributed by atoms with Crippen LogP contribution < -0.4 is 21.9 Å². The van der Waals surface area contributed by atoms with Gasteiger partial charge in [-0.15, -0.1) is 0 Å². The van der Waals surface area contributed by atoms with Gasteiger partial charge in [0.05, 0.1) is 5.69 Å². The minimum Gasteiger partial charge on any atom is -0.384 e. The molecule has 0 aromatic carbocycles. The molecule has 0 aliphatic heterocycles. The zero-order valence-electron chi connectivity index (χ0n) is 16.5. The van der Waals surface area contributed by atoms with Crippen LogP contribution in [0, 0.1) is 13.8 Å². The van der Waals surface area contributed by atoms with E-state index in [0.717, 1.165) is 30.5 Å². The molecule has 0 atom stereocenters. The molecule has 0 aliphatic carbocycles. The standard InChI is InChI=1S/C19H27ClN6O2/c1-4-5-6-9-22-18-19(28)26(13(3)17(20)25-18)11-16(27)23-10-14-7-8-15(21)24-12(14)2/h7-8H,4-6,9-11H2,1-3H3,(H2,21,24)(H,22,25)(H,23,27). The summed E-state index contributed by atoms with van der Waals surface area (Å²) in [6, 6.07) is 3.50. The van der Waals surface area contributed by atoms with Gasteiger partial charge in [-0.05, 0) is 31.9 Å². The lowest BCUT2D eigenvalue weighted by atomic mass is 10.2. The van der Waals surface area contributed by atoms with E-state index in [-0.39, 0.29) is 29.0 Å². The number of nitrogen functional groups attached to an aromatic ring is 1. The van der Waals surface area contributed by atoms with Crippen molar-refractivity contribution in [2.45, 2.75) is 53.1 Å². The number of nitrogens with one attached hydrogen (secondary N) is 2. The minimum atomic E-state index is -0.362. The molecule has 0 bridgehead atoms. The van der Waals surface area contributed by atoms with Crippen molar-refractivity contribution in [2.75, 3.05) is 17.6 Å². The molecular formula is C19H27ClN6O2. The van der Waals surface area contributed by atoms with Crippen LogP contribution in [0.15, 0.2) is 16.9 Å². The van der Waals surface area contributed by atoms with Gasteiger partial charge in [-0.25, -0.2) is 9.97 Å². The van der Waals surface area contributed by atoms with E-state index in [1.165, 1.54) is 4.57 Å². The molecule has 0 saturated carbocycles. The van der Waals surface area contributed by atoms with Gasteiger partial charge in [0.25, 0.3) is 5.56 Å². The van der Waals surface area contributed by atoms with Gasteiger partial charge in [0.15, 0.2) is 11.0 Å². The van der Waals surface area contributed by atoms with E-state index in [1.54, 1.807) is 13.0 Å². The van der Waals surface area contributed by atoms with E-state index in [9.17, 15) is 9.59 Å². The summed E-state index contributed by atoms with van der Waals surface area (Å²) in [5.41, 5.74) is 7.33. The smallest absolute Gasteiger partial charge is 0.294 e. The SMILES string of the molecule is CCCCCNc1nc(Cl)c(C)n(CC(=O)NCc2ccc(N)nc2C)c1=O. The van der Waals surface area contributed by atoms with Crippen molar-refractivity contribution in [1.82, 2.24) is 19.9 Å². The number of halogens is 1. The van der Waals surface area contributed by atoms with Gasteiger partial charge in [-0.1, -0.05) is 37.4 Å². The number of rotatable bonds is 9. The summed E-state index contributed by atoms with van der Waals surface area (Å²) in [4.78, 5) is 33.4. The number of pyridine rings is 1. The second kappa shape index (κ2) is 10.1. The molecule has 2 aromatic rings. The summed E-state index contributed by atoms with van der Waals surface area (Å²) < 4.78 is 1.33. The van der Waals surface area contributed by atoms with Crippen LogP contribution in [0.5, 0.6) is 0 Å². The van der Waals surface area contributed by atoms with E-state index in [2.05, 4.69) is 27.5 Å². The number of aryl methyl sites for hydroxylation is 1. The first-order valence-electron chi connectivity index (χ1n) is 9.33. The Balaban J connectivity index is 2.08. The first-order chi connectivity index (χ1) is 13.3. The van der Waals surface area contributed by atoms with E-state index >= 15 is 0 Å². The third-order valence-corrected chi connectivity index (χ3v) is 4.79. The molecular weight excluding hydrogens is 380 g/mol. The molecule has 4 N–H and O–H groups in total. The third kappa shape index (κ3) is 5.69. The van der Waals surface area contributed by atoms with Crippen molar-refractivity contribution in [3.05, 3.63) is 44.6 Å². The monoisotopic (exact) mass is 406 g/mol. The van der Waals surface area contributed by atoms with E-state index in [1.807, 2.05) is 13.0 Å². The number of hydrogen-bond donors (Lipinski definition) is 3. The molecule has 2 rings (SSSR count). The molecule has 1 amide bonds. The van der Waals surface area contributed by atoms with Crippen LogP contribution in [-0.4, -0.2) is 27.0 Å². The lowest BCUT2D eigenvalue weighted by molar-refractivity contribution is -0.121. The fraction of sp³-hybridized carbons (Fsp3) is 0.474. The summed E-state index contributed by atoms with van der Waals surface area (Å²) in [7, 11) is 0. The van der Waals surface area contributed by atoms with E-state index in [0.29, 0.717) is 24.6 Å². The number of nitrogens with two attached hydrogens (primary N) is 1. The quantitative estimate of drug-likeness (QED) is 0.551. The number of carbonyl (C=O) groups is 1. The highest BCUT2D eigenvalue weighted by atomic mass is 35.5. The van der Waals surface area contributed by atoms with E-state index < -0.39 is 0 Å². The Kier molecular flexibility index (Phi) is 7.80. The fourth-order valence-electron chi connectivity index (χ4n) is 2.70. The Labute approximate surface area is 169 Å². The summed E-state index contributed by atoms with van der Waals surface area (Å²) in [6.45, 7) is 6.38. The Morgan fingerprint density at radius 3 is 2.68 bits per heavy atom. The first-order valence-corrected chi connectivity index (χ1v) is 9.70. The van der Waals surface area contributed by atoms with Gasteiger partial charge in [0.2, 0.25) is 5.91 Å². The molecule has 9 heteroatoms. The average Bonchev–Trinajstić information content (AvgIpc) is 2.65. The molecule has 0 radical (unpaired) electrons. The highest BCUT2D eigenvalue weighted by Crippen LogP contribution is 2.13. The highest BCUT2D eigenvalue weighted by Gasteiger charge is 2.15. The minimum absolute atomic E-state index is 0.141. The van der Waals surface area contributed by atoms with Crippen LogP contribution >= 0.6 is 11.6 Å². The first kappa shape index (κ1) is 21.7. The molecule has 0 unspecified atom stereocenters. The zero-order valence-corrected chi connectivity index (χ0v) is 17.3. The van der Waals surface area contributed by atoms with Crippen LogP contribution in [-0.2, 0) is 17.9 Å². The maximum Gasteiger partial charge on any atom is 0.294 e. The van der Waals surface area contributed by atoms with Gasteiger partial charge >= 0.3 is 0 Å². The summed E-state index contributed by atoms with van der Waals surface area (Å²) >= 11 is 6.16. The normalized spacial score (nSPS) is 10.7. The lowest BCUT2D eigenvalue weighted by Crippen LogP contribution is -2.35. The Morgan fingerprint density at radius 2 is 2.00 bits per heavy atom. The zero-order chi connectivity index (χ0) is 20.7.